The highest BCUT2D eigenvalue weighted by atomic mass is 32.1. The third-order valence-electron chi connectivity index (χ3n) is 2.15. The fourth-order valence-electron chi connectivity index (χ4n) is 1.30. The van der Waals surface area contributed by atoms with Gasteiger partial charge in [-0.15, -0.1) is 11.3 Å². The van der Waals surface area contributed by atoms with E-state index in [2.05, 4.69) is 10.3 Å². The zero-order valence-corrected chi connectivity index (χ0v) is 9.64. The summed E-state index contributed by atoms with van der Waals surface area (Å²) in [5.74, 6) is 0. The Balaban J connectivity index is 2.24. The highest BCUT2D eigenvalue weighted by molar-refractivity contribution is 7.09. The summed E-state index contributed by atoms with van der Waals surface area (Å²) in [5.41, 5.74) is 1.88. The van der Waals surface area contributed by atoms with Crippen LogP contribution in [-0.4, -0.2) is 31.3 Å². The van der Waals surface area contributed by atoms with E-state index in [1.165, 1.54) is 4.88 Å². The molecule has 0 aliphatic carbocycles. The average Bonchev–Trinajstić information content (AvgIpc) is 2.69. The van der Waals surface area contributed by atoms with Gasteiger partial charge in [-0.1, -0.05) is 0 Å². The van der Waals surface area contributed by atoms with Crippen LogP contribution in [0.4, 0.5) is 0 Å². The summed E-state index contributed by atoms with van der Waals surface area (Å²) in [5, 5.41) is 3.30. The maximum Gasteiger partial charge on any atom is 0.0794 e. The van der Waals surface area contributed by atoms with E-state index >= 15 is 0 Å². The predicted molar refractivity (Wildman–Crippen MR) is 59.8 cm³/mol. The highest BCUT2D eigenvalue weighted by Crippen LogP contribution is 2.10. The molecule has 80 valence electrons. The first kappa shape index (κ1) is 11.6. The molecule has 0 saturated heterocycles. The number of ether oxygens (including phenoxy) is 1. The molecule has 0 aromatic carbocycles. The first-order valence-electron chi connectivity index (χ1n) is 4.99. The van der Waals surface area contributed by atoms with Gasteiger partial charge in [-0.2, -0.15) is 0 Å². The minimum atomic E-state index is 0.502. The molecule has 1 aromatic rings. The van der Waals surface area contributed by atoms with E-state index in [1.54, 1.807) is 11.3 Å². The molecule has 1 heterocycles. The van der Waals surface area contributed by atoms with Crippen molar-refractivity contribution in [3.63, 3.8) is 0 Å². The van der Waals surface area contributed by atoms with Gasteiger partial charge in [0, 0.05) is 30.3 Å². The van der Waals surface area contributed by atoms with Crippen LogP contribution >= 0.6 is 11.3 Å². The zero-order chi connectivity index (χ0) is 10.2. The molecule has 0 amide bonds. The Bertz CT molecular complexity index is 226. The Morgan fingerprint density at radius 3 is 3.07 bits per heavy atom. The molecule has 4 heteroatoms. The predicted octanol–water partition coefficient (Wildman–Crippen LogP) is 1.70. The molecule has 14 heavy (non-hydrogen) atoms. The van der Waals surface area contributed by atoms with Crippen molar-refractivity contribution >= 4 is 11.3 Å². The van der Waals surface area contributed by atoms with Crippen LogP contribution in [0.2, 0.25) is 0 Å². The molecule has 0 aliphatic rings. The van der Waals surface area contributed by atoms with Gasteiger partial charge in [-0.3, -0.25) is 4.98 Å². The lowest BCUT2D eigenvalue weighted by molar-refractivity contribution is 0.137. The van der Waals surface area contributed by atoms with E-state index in [-0.39, 0.29) is 0 Å². The smallest absolute Gasteiger partial charge is 0.0794 e. The highest BCUT2D eigenvalue weighted by Gasteiger charge is 2.07. The first-order valence-corrected chi connectivity index (χ1v) is 5.87. The fraction of sp³-hybridized carbons (Fsp3) is 0.700. The molecule has 1 rings (SSSR count). The molecule has 0 spiro atoms. The van der Waals surface area contributed by atoms with Crippen LogP contribution in [0.1, 0.15) is 18.2 Å². The van der Waals surface area contributed by atoms with Crippen LogP contribution < -0.4 is 5.32 Å². The van der Waals surface area contributed by atoms with Crippen LogP contribution in [0.5, 0.6) is 0 Å². The molecule has 1 aromatic heterocycles. The topological polar surface area (TPSA) is 34.1 Å². The molecular weight excluding hydrogens is 196 g/mol. The lowest BCUT2D eigenvalue weighted by atomic mass is 10.1. The first-order chi connectivity index (χ1) is 6.86. The number of nitrogens with one attached hydrogen (secondary N) is 1. The van der Waals surface area contributed by atoms with E-state index in [0.717, 1.165) is 26.1 Å². The van der Waals surface area contributed by atoms with Gasteiger partial charge in [0.2, 0.25) is 0 Å². The molecule has 0 fully saturated rings. The molecular formula is C10H18N2OS. The second-order valence-corrected chi connectivity index (χ2v) is 4.11. The summed E-state index contributed by atoms with van der Waals surface area (Å²) in [6, 6.07) is 0.502. The van der Waals surface area contributed by atoms with Crippen LogP contribution in [0, 0.1) is 0 Å². The third kappa shape index (κ3) is 4.17. The van der Waals surface area contributed by atoms with Crippen molar-refractivity contribution in [2.24, 2.45) is 0 Å². The summed E-state index contributed by atoms with van der Waals surface area (Å²) in [4.78, 5) is 5.40. The number of aromatic nitrogens is 1. The van der Waals surface area contributed by atoms with Crippen LogP contribution in [0.3, 0.4) is 0 Å². The van der Waals surface area contributed by atoms with Crippen LogP contribution in [0.15, 0.2) is 11.7 Å². The van der Waals surface area contributed by atoms with Gasteiger partial charge < -0.3 is 10.1 Å². The van der Waals surface area contributed by atoms with Crippen LogP contribution in [0.25, 0.3) is 0 Å². The average molecular weight is 214 g/mol. The molecule has 3 nitrogen and oxygen atoms in total. The summed E-state index contributed by atoms with van der Waals surface area (Å²) < 4.78 is 5.33. The number of hydrogen-bond donors (Lipinski definition) is 1. The van der Waals surface area contributed by atoms with Gasteiger partial charge in [-0.05, 0) is 26.8 Å². The number of likely N-dealkylation sites (N-methyl/N-ethyl adjacent to an activating group) is 1. The Kier molecular flexibility index (Phi) is 5.75. The Hall–Kier alpha value is -0.450. The maximum atomic E-state index is 5.33. The monoisotopic (exact) mass is 214 g/mol. The van der Waals surface area contributed by atoms with Crippen molar-refractivity contribution in [3.05, 3.63) is 16.6 Å². The van der Waals surface area contributed by atoms with Crippen molar-refractivity contribution < 1.29 is 4.74 Å². The Morgan fingerprint density at radius 2 is 2.50 bits per heavy atom. The Labute approximate surface area is 89.5 Å². The molecule has 1 atom stereocenters. The van der Waals surface area contributed by atoms with Crippen molar-refractivity contribution in [1.29, 1.82) is 0 Å². The van der Waals surface area contributed by atoms with E-state index < -0.39 is 0 Å². The maximum absolute atomic E-state index is 5.33. The van der Waals surface area contributed by atoms with Gasteiger partial charge in [0.25, 0.3) is 0 Å². The zero-order valence-electron chi connectivity index (χ0n) is 8.82. The summed E-state index contributed by atoms with van der Waals surface area (Å²) >= 11 is 1.71. The molecule has 0 saturated carbocycles. The summed E-state index contributed by atoms with van der Waals surface area (Å²) in [7, 11) is 2.00. The van der Waals surface area contributed by atoms with Crippen LogP contribution in [-0.2, 0) is 11.2 Å². The quantitative estimate of drug-likeness (QED) is 0.702. The number of rotatable bonds is 7. The standard InChI is InChI=1S/C10H18N2OS/c1-3-13-5-4-9(11-2)6-10-7-12-8-14-10/h7-9,11H,3-6H2,1-2H3. The Morgan fingerprint density at radius 1 is 1.64 bits per heavy atom. The van der Waals surface area contributed by atoms with E-state index in [1.807, 2.05) is 25.7 Å². The van der Waals surface area contributed by atoms with E-state index in [9.17, 15) is 0 Å². The lowest BCUT2D eigenvalue weighted by Gasteiger charge is -2.14. The minimum absolute atomic E-state index is 0.502. The number of nitrogens with zero attached hydrogens (tertiary/aromatic N) is 1. The second-order valence-electron chi connectivity index (χ2n) is 3.14. The lowest BCUT2D eigenvalue weighted by Crippen LogP contribution is -2.28. The van der Waals surface area contributed by atoms with Gasteiger partial charge in [-0.25, -0.2) is 0 Å². The molecule has 0 radical (unpaired) electrons. The van der Waals surface area contributed by atoms with E-state index in [0.29, 0.717) is 6.04 Å². The third-order valence-corrected chi connectivity index (χ3v) is 2.96. The van der Waals surface area contributed by atoms with Gasteiger partial charge in [0.1, 0.15) is 0 Å². The number of hydrogen-bond acceptors (Lipinski definition) is 4. The summed E-state index contributed by atoms with van der Waals surface area (Å²) in [6.45, 7) is 3.66. The molecule has 0 bridgehead atoms. The van der Waals surface area contributed by atoms with Crippen molar-refractivity contribution in [1.82, 2.24) is 10.3 Å². The second kappa shape index (κ2) is 6.92. The van der Waals surface area contributed by atoms with Crippen molar-refractivity contribution in [2.75, 3.05) is 20.3 Å². The fourth-order valence-corrected chi connectivity index (χ4v) is 1.98. The normalized spacial score (nSPS) is 13.0. The van der Waals surface area contributed by atoms with Gasteiger partial charge in [0.05, 0.1) is 5.51 Å². The summed E-state index contributed by atoms with van der Waals surface area (Å²) in [6.07, 6.45) is 4.05. The van der Waals surface area contributed by atoms with Crippen molar-refractivity contribution in [3.8, 4) is 0 Å². The molecule has 1 N–H and O–H groups in total. The minimum Gasteiger partial charge on any atom is -0.382 e. The molecule has 1 unspecified atom stereocenters. The van der Waals surface area contributed by atoms with Crippen molar-refractivity contribution in [2.45, 2.75) is 25.8 Å². The largest absolute Gasteiger partial charge is 0.382 e. The molecule has 0 aliphatic heterocycles. The number of thiazole rings is 1. The SMILES string of the molecule is CCOCCC(Cc1cncs1)NC. The van der Waals surface area contributed by atoms with E-state index in [4.69, 9.17) is 4.74 Å². The van der Waals surface area contributed by atoms with Gasteiger partial charge in [0.15, 0.2) is 0 Å². The van der Waals surface area contributed by atoms with Gasteiger partial charge >= 0.3 is 0 Å².